The molecule has 0 aliphatic rings. The fourth-order valence-corrected chi connectivity index (χ4v) is 7.17. The standard InChI is InChI=1S/C34H29N5O5S/c1-20-15-27(11-14-32(20)44-2)45(42,43)39-30-12-9-23(21-5-3-7-25(16-21)33(35)37-40)18-28(30)29-19-24(10-13-31(29)39)22-6-4-8-26(17-22)34(36)38-41/h3-19,40-41H,1-2H3,(H2,35,37)(H2,36,38). The van der Waals surface area contributed by atoms with Gasteiger partial charge in [-0.1, -0.05) is 58.8 Å². The van der Waals surface area contributed by atoms with Crippen LogP contribution in [0, 0.1) is 6.92 Å². The van der Waals surface area contributed by atoms with Crippen LogP contribution in [0.15, 0.2) is 118 Å². The van der Waals surface area contributed by atoms with Crippen molar-refractivity contribution >= 4 is 43.5 Å². The highest BCUT2D eigenvalue weighted by Crippen LogP contribution is 2.38. The summed E-state index contributed by atoms with van der Waals surface area (Å²) in [5.41, 5.74) is 17.7. The molecule has 5 aromatic carbocycles. The quantitative estimate of drug-likeness (QED) is 0.0750. The van der Waals surface area contributed by atoms with Crippen LogP contribution in [0.1, 0.15) is 16.7 Å². The minimum absolute atomic E-state index is 0.0193. The molecule has 1 heterocycles. The van der Waals surface area contributed by atoms with Gasteiger partial charge in [-0.2, -0.15) is 0 Å². The van der Waals surface area contributed by atoms with Crippen molar-refractivity contribution in [2.45, 2.75) is 11.8 Å². The number of hydrogen-bond acceptors (Lipinski definition) is 7. The highest BCUT2D eigenvalue weighted by molar-refractivity contribution is 7.90. The van der Waals surface area contributed by atoms with Crippen molar-refractivity contribution in [3.63, 3.8) is 0 Å². The molecule has 6 rings (SSSR count). The topological polar surface area (TPSA) is 166 Å². The summed E-state index contributed by atoms with van der Waals surface area (Å²) in [5, 5.41) is 26.0. The molecule has 0 spiro atoms. The Morgan fingerprint density at radius 2 is 1.18 bits per heavy atom. The molecule has 0 unspecified atom stereocenters. The number of fused-ring (bicyclic) bond motifs is 3. The lowest BCUT2D eigenvalue weighted by molar-refractivity contribution is 0.318. The highest BCUT2D eigenvalue weighted by atomic mass is 32.2. The maximum Gasteiger partial charge on any atom is 0.268 e. The van der Waals surface area contributed by atoms with Gasteiger partial charge in [0.05, 0.1) is 23.0 Å². The van der Waals surface area contributed by atoms with Gasteiger partial charge in [0.25, 0.3) is 10.0 Å². The third kappa shape index (κ3) is 5.08. The van der Waals surface area contributed by atoms with Gasteiger partial charge in [-0.25, -0.2) is 12.4 Å². The second kappa shape index (κ2) is 11.4. The number of benzene rings is 5. The molecule has 0 aliphatic carbocycles. The predicted molar refractivity (Wildman–Crippen MR) is 176 cm³/mol. The number of hydrogen-bond donors (Lipinski definition) is 4. The second-order valence-electron chi connectivity index (χ2n) is 10.5. The zero-order valence-electron chi connectivity index (χ0n) is 24.3. The normalized spacial score (nSPS) is 12.6. The Hall–Kier alpha value is -5.81. The van der Waals surface area contributed by atoms with E-state index in [-0.39, 0.29) is 16.6 Å². The largest absolute Gasteiger partial charge is 0.496 e. The van der Waals surface area contributed by atoms with E-state index in [4.69, 9.17) is 16.2 Å². The van der Waals surface area contributed by atoms with Gasteiger partial charge in [-0.3, -0.25) is 0 Å². The smallest absolute Gasteiger partial charge is 0.268 e. The zero-order valence-corrected chi connectivity index (χ0v) is 25.2. The molecule has 0 amide bonds. The number of nitrogens with zero attached hydrogens (tertiary/aromatic N) is 3. The molecule has 226 valence electrons. The van der Waals surface area contributed by atoms with Crippen molar-refractivity contribution in [2.75, 3.05) is 7.11 Å². The summed E-state index contributed by atoms with van der Waals surface area (Å²) in [6.07, 6.45) is 0. The van der Waals surface area contributed by atoms with Gasteiger partial charge < -0.3 is 26.6 Å². The van der Waals surface area contributed by atoms with Crippen LogP contribution in [-0.4, -0.2) is 41.6 Å². The minimum atomic E-state index is -4.05. The Balaban J connectivity index is 1.62. The molecule has 1 aromatic heterocycles. The average Bonchev–Trinajstić information content (AvgIpc) is 3.41. The molecule has 0 atom stereocenters. The Morgan fingerprint density at radius 1 is 0.689 bits per heavy atom. The molecule has 0 aliphatic heterocycles. The van der Waals surface area contributed by atoms with Crippen molar-refractivity contribution < 1.29 is 23.6 Å². The first-order chi connectivity index (χ1) is 21.7. The first kappa shape index (κ1) is 29.3. The first-order valence-electron chi connectivity index (χ1n) is 13.8. The lowest BCUT2D eigenvalue weighted by Crippen LogP contribution is -2.13. The summed E-state index contributed by atoms with van der Waals surface area (Å²) < 4.78 is 35.3. The molecular formula is C34H29N5O5S. The second-order valence-corrected chi connectivity index (χ2v) is 12.3. The minimum Gasteiger partial charge on any atom is -0.496 e. The molecule has 10 nitrogen and oxygen atoms in total. The lowest BCUT2D eigenvalue weighted by Gasteiger charge is -2.12. The van der Waals surface area contributed by atoms with E-state index in [0.29, 0.717) is 44.2 Å². The summed E-state index contributed by atoms with van der Waals surface area (Å²) in [6, 6.07) is 30.4. The summed E-state index contributed by atoms with van der Waals surface area (Å²) >= 11 is 0. The van der Waals surface area contributed by atoms with Crippen molar-refractivity contribution in [1.29, 1.82) is 0 Å². The first-order valence-corrected chi connectivity index (χ1v) is 15.3. The van der Waals surface area contributed by atoms with Gasteiger partial charge in [0.2, 0.25) is 0 Å². The molecule has 0 bridgehead atoms. The van der Waals surface area contributed by atoms with Crippen LogP contribution in [0.5, 0.6) is 5.75 Å². The SMILES string of the molecule is COc1ccc(S(=O)(=O)n2c3ccc(-c4cccc(/C(N)=N/O)c4)cc3c3cc(-c4cccc(/C(N)=N/O)c4)ccc32)cc1C. The van der Waals surface area contributed by atoms with Crippen LogP contribution in [-0.2, 0) is 10.0 Å². The van der Waals surface area contributed by atoms with Crippen molar-refractivity contribution in [3.8, 4) is 28.0 Å². The number of ether oxygens (including phenoxy) is 1. The average molecular weight is 620 g/mol. The molecule has 0 radical (unpaired) electrons. The molecule has 0 saturated heterocycles. The van der Waals surface area contributed by atoms with E-state index < -0.39 is 10.0 Å². The Morgan fingerprint density at radius 3 is 1.62 bits per heavy atom. The molecule has 6 N–H and O–H groups in total. The Bertz CT molecular complexity index is 2170. The highest BCUT2D eigenvalue weighted by Gasteiger charge is 2.25. The van der Waals surface area contributed by atoms with E-state index in [1.165, 1.54) is 3.97 Å². The number of nitrogens with two attached hydrogens (primary N) is 2. The summed E-state index contributed by atoms with van der Waals surface area (Å²) in [5.74, 6) is 0.553. The van der Waals surface area contributed by atoms with Crippen molar-refractivity contribution in [1.82, 2.24) is 3.97 Å². The van der Waals surface area contributed by atoms with E-state index in [2.05, 4.69) is 10.3 Å². The van der Waals surface area contributed by atoms with Gasteiger partial charge in [0.1, 0.15) is 5.75 Å². The Labute approximate surface area is 259 Å². The van der Waals surface area contributed by atoms with Gasteiger partial charge in [-0.15, -0.1) is 0 Å². The van der Waals surface area contributed by atoms with E-state index in [0.717, 1.165) is 22.3 Å². The van der Waals surface area contributed by atoms with Gasteiger partial charge in [0, 0.05) is 21.9 Å². The maximum absolute atomic E-state index is 14.3. The monoisotopic (exact) mass is 619 g/mol. The van der Waals surface area contributed by atoms with E-state index in [9.17, 15) is 18.8 Å². The number of amidine groups is 2. The third-order valence-corrected chi connectivity index (χ3v) is 9.55. The van der Waals surface area contributed by atoms with Gasteiger partial charge in [-0.05, 0) is 89.3 Å². The van der Waals surface area contributed by atoms with Crippen LogP contribution >= 0.6 is 0 Å². The van der Waals surface area contributed by atoms with Crippen molar-refractivity contribution in [3.05, 3.63) is 120 Å². The lowest BCUT2D eigenvalue weighted by atomic mass is 9.98. The predicted octanol–water partition coefficient (Wildman–Crippen LogP) is 5.87. The number of aromatic nitrogens is 1. The van der Waals surface area contributed by atoms with Crippen LogP contribution in [0.25, 0.3) is 44.1 Å². The van der Waals surface area contributed by atoms with E-state index in [1.807, 2.05) is 36.4 Å². The summed E-state index contributed by atoms with van der Waals surface area (Å²) in [7, 11) is -2.51. The molecular weight excluding hydrogens is 590 g/mol. The van der Waals surface area contributed by atoms with E-state index in [1.54, 1.807) is 80.8 Å². The zero-order chi connectivity index (χ0) is 31.9. The van der Waals surface area contributed by atoms with Crippen LogP contribution in [0.4, 0.5) is 0 Å². The molecule has 11 heteroatoms. The molecule has 6 aromatic rings. The molecule has 45 heavy (non-hydrogen) atoms. The van der Waals surface area contributed by atoms with Crippen molar-refractivity contribution in [2.24, 2.45) is 21.8 Å². The fraction of sp³-hybridized carbons (Fsp3) is 0.0588. The van der Waals surface area contributed by atoms with Gasteiger partial charge in [0.15, 0.2) is 11.7 Å². The van der Waals surface area contributed by atoms with Gasteiger partial charge >= 0.3 is 0 Å². The van der Waals surface area contributed by atoms with Crippen LogP contribution in [0.3, 0.4) is 0 Å². The van der Waals surface area contributed by atoms with Crippen LogP contribution in [0.2, 0.25) is 0 Å². The van der Waals surface area contributed by atoms with E-state index >= 15 is 0 Å². The summed E-state index contributed by atoms with van der Waals surface area (Å²) in [4.78, 5) is 0.130. The number of oxime groups is 2. The Kier molecular flexibility index (Phi) is 7.39. The molecule has 0 fully saturated rings. The number of rotatable bonds is 7. The summed E-state index contributed by atoms with van der Waals surface area (Å²) in [6.45, 7) is 1.80. The maximum atomic E-state index is 14.3. The fourth-order valence-electron chi connectivity index (χ4n) is 5.55. The molecule has 0 saturated carbocycles. The van der Waals surface area contributed by atoms with Crippen LogP contribution < -0.4 is 16.2 Å². The number of aryl methyl sites for hydroxylation is 1. The third-order valence-electron chi connectivity index (χ3n) is 7.82. The number of methoxy groups -OCH3 is 1.